The zero-order valence-corrected chi connectivity index (χ0v) is 13.6. The fourth-order valence-corrected chi connectivity index (χ4v) is 2.47. The van der Waals surface area contributed by atoms with Gasteiger partial charge in [0.05, 0.1) is 12.2 Å². The highest BCUT2D eigenvalue weighted by Gasteiger charge is 2.21. The number of nitrogens with zero attached hydrogens (tertiary/aromatic N) is 1. The summed E-state index contributed by atoms with van der Waals surface area (Å²) in [5, 5.41) is 2.61. The molecule has 1 atom stereocenters. The number of aryl methyl sites for hydroxylation is 1. The molecule has 5 heteroatoms. The summed E-state index contributed by atoms with van der Waals surface area (Å²) in [4.78, 5) is 25.5. The maximum Gasteiger partial charge on any atom is 0.408 e. The van der Waals surface area contributed by atoms with E-state index in [1.165, 1.54) is 5.56 Å². The second-order valence-corrected chi connectivity index (χ2v) is 6.35. The summed E-state index contributed by atoms with van der Waals surface area (Å²) in [6.45, 7) is 5.68. The fourth-order valence-electron chi connectivity index (χ4n) is 2.47. The van der Waals surface area contributed by atoms with Crippen LogP contribution in [0.1, 0.15) is 44.2 Å². The number of aliphatic imine (C=N–C) groups is 1. The van der Waals surface area contributed by atoms with Gasteiger partial charge in [-0.25, -0.2) is 9.59 Å². The highest BCUT2D eigenvalue weighted by molar-refractivity contribution is 5.68. The molecule has 0 fully saturated rings. The fraction of sp³-hybridized carbons (Fsp3) is 0.444. The predicted molar refractivity (Wildman–Crippen MR) is 87.3 cm³/mol. The van der Waals surface area contributed by atoms with Crippen molar-refractivity contribution in [1.82, 2.24) is 5.32 Å². The van der Waals surface area contributed by atoms with Crippen molar-refractivity contribution in [3.8, 4) is 11.8 Å². The molecule has 1 aliphatic rings. The number of fused-ring (bicyclic) bond motifs is 1. The van der Waals surface area contributed by atoms with Gasteiger partial charge in [-0.1, -0.05) is 17.9 Å². The number of carbonyl (C=O) groups is 1. The van der Waals surface area contributed by atoms with Crippen LogP contribution in [-0.4, -0.2) is 24.3 Å². The number of rotatable bonds is 2. The number of amides is 1. The van der Waals surface area contributed by atoms with E-state index in [0.29, 0.717) is 5.69 Å². The van der Waals surface area contributed by atoms with Crippen molar-refractivity contribution in [1.29, 1.82) is 0 Å². The molecule has 0 heterocycles. The molecule has 0 aromatic heterocycles. The Balaban J connectivity index is 1.95. The van der Waals surface area contributed by atoms with Crippen LogP contribution in [0.25, 0.3) is 0 Å². The van der Waals surface area contributed by atoms with Crippen LogP contribution in [0, 0.1) is 11.8 Å². The largest absolute Gasteiger partial charge is 0.444 e. The summed E-state index contributed by atoms with van der Waals surface area (Å²) in [7, 11) is 0. The maximum atomic E-state index is 11.5. The molecule has 0 bridgehead atoms. The minimum atomic E-state index is -0.516. The number of benzene rings is 1. The molecule has 2 rings (SSSR count). The number of hydrogen-bond donors (Lipinski definition) is 1. The van der Waals surface area contributed by atoms with Gasteiger partial charge in [0, 0.05) is 5.92 Å². The lowest BCUT2D eigenvalue weighted by atomic mass is 10.0. The monoisotopic (exact) mass is 312 g/mol. The van der Waals surface area contributed by atoms with Crippen LogP contribution < -0.4 is 5.32 Å². The normalized spacial score (nSPS) is 15.7. The average molecular weight is 312 g/mol. The zero-order chi connectivity index (χ0) is 16.9. The SMILES string of the molecule is CC(C)(C)OC(=O)NCC#C[C@@H]1CCc2ccc(N=C=O)cc21. The Hall–Kier alpha value is -2.57. The molecule has 0 saturated carbocycles. The van der Waals surface area contributed by atoms with Crippen molar-refractivity contribution in [2.24, 2.45) is 4.99 Å². The first kappa shape index (κ1) is 16.8. The van der Waals surface area contributed by atoms with Crippen molar-refractivity contribution in [3.05, 3.63) is 29.3 Å². The first-order valence-electron chi connectivity index (χ1n) is 7.55. The standard InChI is InChI=1S/C18H20N2O3/c1-18(2,3)23-17(22)19-10-4-5-13-6-7-14-8-9-15(20-12-21)11-16(13)14/h8-9,11,13H,6-7,10H2,1-3H3,(H,19,22)/t13-/m1/s1. The van der Waals surface area contributed by atoms with Gasteiger partial charge in [0.25, 0.3) is 0 Å². The summed E-state index contributed by atoms with van der Waals surface area (Å²) in [6, 6.07) is 5.67. The van der Waals surface area contributed by atoms with E-state index < -0.39 is 11.7 Å². The Bertz CT molecular complexity index is 701. The highest BCUT2D eigenvalue weighted by Crippen LogP contribution is 2.34. The molecular weight excluding hydrogens is 292 g/mol. The van der Waals surface area contributed by atoms with Gasteiger partial charge in [-0.3, -0.25) is 0 Å². The minimum absolute atomic E-state index is 0.104. The molecule has 0 saturated heterocycles. The molecule has 5 nitrogen and oxygen atoms in total. The number of hydrogen-bond acceptors (Lipinski definition) is 4. The summed E-state index contributed by atoms with van der Waals surface area (Å²) < 4.78 is 5.14. The molecule has 23 heavy (non-hydrogen) atoms. The number of carbonyl (C=O) groups excluding carboxylic acids is 2. The lowest BCUT2D eigenvalue weighted by molar-refractivity contribution is 0.0535. The first-order chi connectivity index (χ1) is 10.9. The molecule has 0 radical (unpaired) electrons. The summed E-state index contributed by atoms with van der Waals surface area (Å²) in [5.74, 6) is 6.24. The highest BCUT2D eigenvalue weighted by atomic mass is 16.6. The Kier molecular flexibility index (Phi) is 5.20. The maximum absolute atomic E-state index is 11.5. The molecule has 1 aliphatic carbocycles. The molecular formula is C18H20N2O3. The van der Waals surface area contributed by atoms with Crippen LogP contribution in [0.5, 0.6) is 0 Å². The van der Waals surface area contributed by atoms with Gasteiger partial charge in [-0.05, 0) is 56.9 Å². The van der Waals surface area contributed by atoms with Crippen molar-refractivity contribution >= 4 is 17.9 Å². The van der Waals surface area contributed by atoms with E-state index in [1.807, 2.05) is 39.0 Å². The van der Waals surface area contributed by atoms with Crippen molar-refractivity contribution in [2.45, 2.75) is 45.1 Å². The van der Waals surface area contributed by atoms with Crippen LogP contribution in [0.4, 0.5) is 10.5 Å². The third kappa shape index (κ3) is 4.98. The third-order valence-electron chi connectivity index (χ3n) is 3.38. The Labute approximate surface area is 136 Å². The molecule has 1 aromatic rings. The van der Waals surface area contributed by atoms with Crippen LogP contribution >= 0.6 is 0 Å². The topological polar surface area (TPSA) is 67.8 Å². The quantitative estimate of drug-likeness (QED) is 0.518. The number of nitrogens with one attached hydrogen (secondary N) is 1. The van der Waals surface area contributed by atoms with E-state index in [1.54, 1.807) is 6.08 Å². The van der Waals surface area contributed by atoms with Gasteiger partial charge >= 0.3 is 6.09 Å². The lowest BCUT2D eigenvalue weighted by Gasteiger charge is -2.19. The van der Waals surface area contributed by atoms with E-state index in [4.69, 9.17) is 4.74 Å². The number of alkyl carbamates (subject to hydrolysis) is 1. The van der Waals surface area contributed by atoms with Gasteiger partial charge in [-0.15, -0.1) is 0 Å². The molecule has 0 spiro atoms. The zero-order valence-electron chi connectivity index (χ0n) is 13.6. The van der Waals surface area contributed by atoms with E-state index in [0.717, 1.165) is 18.4 Å². The second kappa shape index (κ2) is 7.13. The Morgan fingerprint density at radius 3 is 2.91 bits per heavy atom. The predicted octanol–water partition coefficient (Wildman–Crippen LogP) is 3.21. The van der Waals surface area contributed by atoms with Crippen LogP contribution in [0.3, 0.4) is 0 Å². The van der Waals surface area contributed by atoms with Gasteiger partial charge in [0.1, 0.15) is 5.60 Å². The van der Waals surface area contributed by atoms with Crippen molar-refractivity contribution in [3.63, 3.8) is 0 Å². The van der Waals surface area contributed by atoms with Gasteiger partial charge in [0.15, 0.2) is 0 Å². The summed E-state index contributed by atoms with van der Waals surface area (Å²) >= 11 is 0. The van der Waals surface area contributed by atoms with Crippen LogP contribution in [0.2, 0.25) is 0 Å². The number of ether oxygens (including phenoxy) is 1. The molecule has 1 N–H and O–H groups in total. The summed E-state index contributed by atoms with van der Waals surface area (Å²) in [6.07, 6.45) is 2.97. The summed E-state index contributed by atoms with van der Waals surface area (Å²) in [5.41, 5.74) is 2.41. The molecule has 0 unspecified atom stereocenters. The van der Waals surface area contributed by atoms with E-state index >= 15 is 0 Å². The van der Waals surface area contributed by atoms with Crippen molar-refractivity contribution < 1.29 is 14.3 Å². The van der Waals surface area contributed by atoms with Crippen molar-refractivity contribution in [2.75, 3.05) is 6.54 Å². The van der Waals surface area contributed by atoms with E-state index in [9.17, 15) is 9.59 Å². The number of isocyanates is 1. The van der Waals surface area contributed by atoms with Crippen LogP contribution in [-0.2, 0) is 16.0 Å². The third-order valence-corrected chi connectivity index (χ3v) is 3.38. The Morgan fingerprint density at radius 2 is 2.22 bits per heavy atom. The molecule has 0 aliphatic heterocycles. The lowest BCUT2D eigenvalue weighted by Crippen LogP contribution is -2.32. The molecule has 1 amide bonds. The second-order valence-electron chi connectivity index (χ2n) is 6.35. The smallest absolute Gasteiger partial charge is 0.408 e. The van der Waals surface area contributed by atoms with Gasteiger partial charge in [0.2, 0.25) is 6.08 Å². The average Bonchev–Trinajstić information content (AvgIpc) is 2.85. The van der Waals surface area contributed by atoms with E-state index in [-0.39, 0.29) is 12.5 Å². The Morgan fingerprint density at radius 1 is 1.43 bits per heavy atom. The molecule has 1 aromatic carbocycles. The van der Waals surface area contributed by atoms with E-state index in [2.05, 4.69) is 22.2 Å². The van der Waals surface area contributed by atoms with Gasteiger partial charge < -0.3 is 10.1 Å². The first-order valence-corrected chi connectivity index (χ1v) is 7.55. The minimum Gasteiger partial charge on any atom is -0.444 e. The van der Waals surface area contributed by atoms with Crippen LogP contribution in [0.15, 0.2) is 23.2 Å². The van der Waals surface area contributed by atoms with Gasteiger partial charge in [-0.2, -0.15) is 4.99 Å². The molecule has 120 valence electrons.